The Hall–Kier alpha value is -2.10. The maximum atomic E-state index is 10.1. The Labute approximate surface area is 168 Å². The summed E-state index contributed by atoms with van der Waals surface area (Å²) in [7, 11) is 0. The van der Waals surface area contributed by atoms with Crippen LogP contribution in [0.15, 0.2) is 0 Å². The molecule has 0 radical (unpaired) electrons. The second kappa shape index (κ2) is 8.93. The van der Waals surface area contributed by atoms with Crippen LogP contribution in [0.4, 0.5) is 0 Å². The van der Waals surface area contributed by atoms with Gasteiger partial charge in [0.2, 0.25) is 11.7 Å². The average molecular weight is 385 g/mol. The van der Waals surface area contributed by atoms with Crippen LogP contribution in [-0.2, 0) is 9.47 Å². The molecule has 2 aliphatic rings. The van der Waals surface area contributed by atoms with E-state index < -0.39 is 28.6 Å². The lowest BCUT2D eigenvalue weighted by Gasteiger charge is -2.48. The molecule has 4 unspecified atom stereocenters. The van der Waals surface area contributed by atoms with E-state index in [0.29, 0.717) is 12.8 Å². The number of nitrogens with zero attached hydrogens (tertiary/aromatic N) is 3. The summed E-state index contributed by atoms with van der Waals surface area (Å²) < 4.78 is 11.8. The first kappa shape index (κ1) is 22.2. The van der Waals surface area contributed by atoms with Gasteiger partial charge in [0.25, 0.3) is 0 Å². The first-order chi connectivity index (χ1) is 13.4. The minimum atomic E-state index is -1.73. The molecule has 28 heavy (non-hydrogen) atoms. The molecule has 2 rings (SSSR count). The molecule has 152 valence electrons. The smallest absolute Gasteiger partial charge is 0.214 e. The zero-order valence-corrected chi connectivity index (χ0v) is 17.4. The van der Waals surface area contributed by atoms with Crippen LogP contribution in [0.5, 0.6) is 0 Å². The normalized spacial score (nSPS) is 32.8. The number of nitrogens with one attached hydrogen (secondary N) is 1. The Kier molecular flexibility index (Phi) is 7.08. The minimum Gasteiger partial charge on any atom is -0.448 e. The summed E-state index contributed by atoms with van der Waals surface area (Å²) >= 11 is 0. The van der Waals surface area contributed by atoms with Gasteiger partial charge in [-0.25, -0.2) is 0 Å². The lowest BCUT2D eigenvalue weighted by molar-refractivity contribution is -0.271. The van der Waals surface area contributed by atoms with Crippen LogP contribution in [0.3, 0.4) is 0 Å². The molecular formula is C22H32N4O2. The van der Waals surface area contributed by atoms with Gasteiger partial charge in [-0.2, -0.15) is 15.8 Å². The van der Waals surface area contributed by atoms with Crippen LogP contribution in [-0.4, -0.2) is 17.8 Å². The quantitative estimate of drug-likeness (QED) is 0.519. The summed E-state index contributed by atoms with van der Waals surface area (Å²) in [6.45, 7) is 5.81. The molecule has 2 bridgehead atoms. The van der Waals surface area contributed by atoms with Gasteiger partial charge in [0.1, 0.15) is 0 Å². The van der Waals surface area contributed by atoms with Crippen LogP contribution in [0.1, 0.15) is 85.0 Å². The van der Waals surface area contributed by atoms with E-state index in [0.717, 1.165) is 19.3 Å². The number of hydrogen-bond donors (Lipinski definition) is 1. The second-order valence-electron chi connectivity index (χ2n) is 8.23. The largest absolute Gasteiger partial charge is 0.448 e. The summed E-state index contributed by atoms with van der Waals surface area (Å²) in [6.07, 6.45) is 9.44. The SMILES string of the molecule is CCCCCCCCCCC1OC2(C)OC(=N)C(C#N)(C2CC)C1(C#N)C#N. The van der Waals surface area contributed by atoms with Crippen LogP contribution in [0.25, 0.3) is 0 Å². The predicted molar refractivity (Wildman–Crippen MR) is 105 cm³/mol. The summed E-state index contributed by atoms with van der Waals surface area (Å²) in [5.41, 5.74) is -3.31. The lowest BCUT2D eigenvalue weighted by Crippen LogP contribution is -2.61. The van der Waals surface area contributed by atoms with Crippen LogP contribution < -0.4 is 0 Å². The van der Waals surface area contributed by atoms with Crippen molar-refractivity contribution >= 4 is 5.90 Å². The fraction of sp³-hybridized carbons (Fsp3) is 0.818. The van der Waals surface area contributed by atoms with Crippen LogP contribution >= 0.6 is 0 Å². The first-order valence-corrected chi connectivity index (χ1v) is 10.6. The van der Waals surface area contributed by atoms with Gasteiger partial charge in [0.05, 0.1) is 30.2 Å². The Morgan fingerprint density at radius 1 is 0.929 bits per heavy atom. The number of fused-ring (bicyclic) bond motifs is 2. The fourth-order valence-electron chi connectivity index (χ4n) is 5.07. The van der Waals surface area contributed by atoms with E-state index in [1.54, 1.807) is 6.92 Å². The number of ether oxygens (including phenoxy) is 2. The van der Waals surface area contributed by atoms with E-state index in [4.69, 9.17) is 14.9 Å². The Morgan fingerprint density at radius 2 is 1.50 bits per heavy atom. The third-order valence-electron chi connectivity index (χ3n) is 6.56. The Morgan fingerprint density at radius 3 is 2.00 bits per heavy atom. The van der Waals surface area contributed by atoms with Gasteiger partial charge >= 0.3 is 0 Å². The summed E-state index contributed by atoms with van der Waals surface area (Å²) in [5.74, 6) is -1.96. The highest BCUT2D eigenvalue weighted by Gasteiger charge is 2.78. The minimum absolute atomic E-state index is 0.300. The third kappa shape index (κ3) is 3.27. The Balaban J connectivity index is 2.14. The molecule has 2 saturated heterocycles. The van der Waals surface area contributed by atoms with Crippen molar-refractivity contribution in [3.8, 4) is 18.2 Å². The van der Waals surface area contributed by atoms with Gasteiger partial charge in [-0.1, -0.05) is 65.2 Å². The highest BCUT2D eigenvalue weighted by Crippen LogP contribution is 2.63. The second-order valence-corrected chi connectivity index (χ2v) is 8.23. The van der Waals surface area contributed by atoms with Crippen LogP contribution in [0, 0.1) is 56.2 Å². The standard InChI is InChI=1S/C22H32N4O2/c1-4-6-7-8-9-10-11-12-13-18-21(14-23,15-24)22(16-25)17(5-2)20(3,27-18)28-19(22)26/h17-18,26H,4-13H2,1-3H3. The molecule has 6 heteroatoms. The monoisotopic (exact) mass is 384 g/mol. The molecule has 0 amide bonds. The molecule has 0 aliphatic carbocycles. The molecular weight excluding hydrogens is 352 g/mol. The van der Waals surface area contributed by atoms with Crippen molar-refractivity contribution in [1.29, 1.82) is 21.2 Å². The van der Waals surface area contributed by atoms with Gasteiger partial charge in [-0.05, 0) is 12.8 Å². The average Bonchev–Trinajstić information content (AvgIpc) is 2.86. The summed E-state index contributed by atoms with van der Waals surface area (Å²) in [6, 6.07) is 6.35. The fourth-order valence-corrected chi connectivity index (χ4v) is 5.07. The van der Waals surface area contributed by atoms with Crippen molar-refractivity contribution in [3.05, 3.63) is 0 Å². The topological polar surface area (TPSA) is 114 Å². The van der Waals surface area contributed by atoms with Crippen molar-refractivity contribution in [3.63, 3.8) is 0 Å². The van der Waals surface area contributed by atoms with Crippen molar-refractivity contribution in [1.82, 2.24) is 0 Å². The predicted octanol–water partition coefficient (Wildman–Crippen LogP) is 5.21. The summed E-state index contributed by atoms with van der Waals surface area (Å²) in [4.78, 5) is 0. The molecule has 2 heterocycles. The molecule has 0 spiro atoms. The van der Waals surface area contributed by atoms with Crippen LogP contribution in [0.2, 0.25) is 0 Å². The number of unbranched alkanes of at least 4 members (excludes halogenated alkanes) is 7. The molecule has 2 aliphatic heterocycles. The molecule has 6 nitrogen and oxygen atoms in total. The first-order valence-electron chi connectivity index (χ1n) is 10.6. The van der Waals surface area contributed by atoms with Crippen molar-refractivity contribution in [2.24, 2.45) is 16.7 Å². The highest BCUT2D eigenvalue weighted by atomic mass is 16.7. The van der Waals surface area contributed by atoms with Gasteiger partial charge < -0.3 is 9.47 Å². The number of hydrogen-bond acceptors (Lipinski definition) is 6. The van der Waals surface area contributed by atoms with E-state index >= 15 is 0 Å². The molecule has 2 fully saturated rings. The summed E-state index contributed by atoms with van der Waals surface area (Å²) in [5, 5.41) is 38.4. The Bertz CT molecular complexity index is 687. The van der Waals surface area contributed by atoms with E-state index in [-0.39, 0.29) is 5.90 Å². The van der Waals surface area contributed by atoms with Gasteiger partial charge in [0.15, 0.2) is 10.8 Å². The molecule has 0 saturated carbocycles. The van der Waals surface area contributed by atoms with Crippen molar-refractivity contribution in [2.45, 2.75) is 96.9 Å². The van der Waals surface area contributed by atoms with Crippen molar-refractivity contribution in [2.75, 3.05) is 0 Å². The number of nitriles is 3. The molecule has 1 N–H and O–H groups in total. The highest BCUT2D eigenvalue weighted by molar-refractivity contribution is 5.89. The van der Waals surface area contributed by atoms with E-state index in [1.165, 1.54) is 32.1 Å². The zero-order chi connectivity index (χ0) is 20.8. The molecule has 0 aromatic heterocycles. The molecule has 0 aromatic carbocycles. The van der Waals surface area contributed by atoms with E-state index in [9.17, 15) is 15.8 Å². The van der Waals surface area contributed by atoms with E-state index in [1.807, 2.05) is 6.92 Å². The number of rotatable bonds is 10. The maximum absolute atomic E-state index is 10.1. The zero-order valence-electron chi connectivity index (χ0n) is 17.4. The van der Waals surface area contributed by atoms with Gasteiger partial charge in [0, 0.05) is 6.92 Å². The third-order valence-corrected chi connectivity index (χ3v) is 6.56. The molecule has 0 aromatic rings. The van der Waals surface area contributed by atoms with Crippen molar-refractivity contribution < 1.29 is 9.47 Å². The van der Waals surface area contributed by atoms with Gasteiger partial charge in [-0.15, -0.1) is 0 Å². The van der Waals surface area contributed by atoms with Gasteiger partial charge in [-0.3, -0.25) is 5.41 Å². The van der Waals surface area contributed by atoms with E-state index in [2.05, 4.69) is 25.1 Å². The lowest BCUT2D eigenvalue weighted by atomic mass is 9.53. The maximum Gasteiger partial charge on any atom is 0.214 e. The molecule has 4 atom stereocenters.